The van der Waals surface area contributed by atoms with Gasteiger partial charge in [0.25, 0.3) is 0 Å². The molecular formula is C16H16ClNO. The van der Waals surface area contributed by atoms with E-state index in [1.165, 1.54) is 11.1 Å². The molecule has 0 bridgehead atoms. The van der Waals surface area contributed by atoms with E-state index in [1.54, 1.807) is 0 Å². The molecule has 0 aromatic heterocycles. The number of halogens is 1. The number of rotatable bonds is 5. The molecule has 0 aliphatic carbocycles. The van der Waals surface area contributed by atoms with Crippen LogP contribution in [0, 0.1) is 0 Å². The van der Waals surface area contributed by atoms with Crippen LogP contribution in [0.4, 0.5) is 0 Å². The van der Waals surface area contributed by atoms with Crippen LogP contribution in [-0.4, -0.2) is 10.4 Å². The van der Waals surface area contributed by atoms with Gasteiger partial charge in [-0.2, -0.15) is 0 Å². The fourth-order valence-electron chi connectivity index (χ4n) is 1.96. The number of oxime groups is 1. The lowest BCUT2D eigenvalue weighted by atomic mass is 10.0. The molecule has 19 heavy (non-hydrogen) atoms. The molecule has 0 heterocycles. The van der Waals surface area contributed by atoms with E-state index < -0.39 is 0 Å². The van der Waals surface area contributed by atoms with Gasteiger partial charge in [0.2, 0.25) is 0 Å². The first-order chi connectivity index (χ1) is 9.28. The maximum absolute atomic E-state index is 8.52. The Morgan fingerprint density at radius 3 is 1.95 bits per heavy atom. The zero-order valence-corrected chi connectivity index (χ0v) is 11.3. The lowest BCUT2D eigenvalue weighted by Crippen LogP contribution is -1.96. The lowest BCUT2D eigenvalue weighted by molar-refractivity contribution is 0.319. The Balaban J connectivity index is 1.92. The van der Waals surface area contributed by atoms with Gasteiger partial charge < -0.3 is 5.21 Å². The predicted molar refractivity (Wildman–Crippen MR) is 79.1 cm³/mol. The zero-order chi connectivity index (χ0) is 13.5. The second-order valence-electron chi connectivity index (χ2n) is 4.46. The highest BCUT2D eigenvalue weighted by molar-refractivity contribution is 6.65. The number of aryl methyl sites for hydroxylation is 2. The summed E-state index contributed by atoms with van der Waals surface area (Å²) in [5.74, 6) is 0. The molecule has 0 atom stereocenters. The molecule has 3 heteroatoms. The van der Waals surface area contributed by atoms with E-state index in [0.29, 0.717) is 6.42 Å². The quantitative estimate of drug-likeness (QED) is 0.498. The van der Waals surface area contributed by atoms with Crippen molar-refractivity contribution in [2.75, 3.05) is 0 Å². The van der Waals surface area contributed by atoms with E-state index in [-0.39, 0.29) is 5.17 Å². The normalized spacial score (nSPS) is 11.5. The summed E-state index contributed by atoms with van der Waals surface area (Å²) in [5, 5.41) is 11.7. The molecule has 0 radical (unpaired) electrons. The minimum atomic E-state index is 0.206. The predicted octanol–water partition coefficient (Wildman–Crippen LogP) is 4.04. The van der Waals surface area contributed by atoms with Crippen molar-refractivity contribution < 1.29 is 5.21 Å². The summed E-state index contributed by atoms with van der Waals surface area (Å²) in [6.07, 6.45) is 2.53. The smallest absolute Gasteiger partial charge is 0.149 e. The molecule has 0 aliphatic heterocycles. The van der Waals surface area contributed by atoms with Crippen molar-refractivity contribution in [3.63, 3.8) is 0 Å². The van der Waals surface area contributed by atoms with Gasteiger partial charge in [0, 0.05) is 6.42 Å². The molecular weight excluding hydrogens is 258 g/mol. The summed E-state index contributed by atoms with van der Waals surface area (Å²) < 4.78 is 0. The van der Waals surface area contributed by atoms with Gasteiger partial charge in [-0.1, -0.05) is 71.4 Å². The number of hydrogen-bond acceptors (Lipinski definition) is 2. The van der Waals surface area contributed by atoms with E-state index in [2.05, 4.69) is 41.6 Å². The van der Waals surface area contributed by atoms with Gasteiger partial charge in [0.1, 0.15) is 5.17 Å². The highest BCUT2D eigenvalue weighted by atomic mass is 35.5. The van der Waals surface area contributed by atoms with Crippen LogP contribution in [-0.2, 0) is 19.3 Å². The molecule has 2 aromatic rings. The molecule has 1 N–H and O–H groups in total. The molecule has 2 nitrogen and oxygen atoms in total. The first-order valence-electron chi connectivity index (χ1n) is 6.26. The average Bonchev–Trinajstić information content (AvgIpc) is 2.47. The number of benzene rings is 2. The summed E-state index contributed by atoms with van der Waals surface area (Å²) in [6.45, 7) is 0. The first-order valence-corrected chi connectivity index (χ1v) is 6.64. The van der Waals surface area contributed by atoms with Gasteiger partial charge in [-0.25, -0.2) is 0 Å². The van der Waals surface area contributed by atoms with Gasteiger partial charge in [-0.3, -0.25) is 0 Å². The molecule has 0 saturated carbocycles. The van der Waals surface area contributed by atoms with Gasteiger partial charge >= 0.3 is 0 Å². The standard InChI is InChI=1S/C16H16ClNO/c17-16(18-19)12-15-10-8-14(9-11-15)7-6-13-4-2-1-3-5-13/h1-5,8-11,19H,6-7,12H2/b18-16-. The van der Waals surface area contributed by atoms with Crippen molar-refractivity contribution in [2.45, 2.75) is 19.3 Å². The Hall–Kier alpha value is -1.80. The van der Waals surface area contributed by atoms with Crippen molar-refractivity contribution in [3.05, 3.63) is 71.3 Å². The fourth-order valence-corrected chi connectivity index (χ4v) is 2.12. The van der Waals surface area contributed by atoms with Crippen molar-refractivity contribution in [1.82, 2.24) is 0 Å². The van der Waals surface area contributed by atoms with Gasteiger partial charge in [0.05, 0.1) is 0 Å². The van der Waals surface area contributed by atoms with Crippen LogP contribution in [0.3, 0.4) is 0 Å². The Morgan fingerprint density at radius 2 is 1.37 bits per heavy atom. The first kappa shape index (κ1) is 13.6. The molecule has 0 spiro atoms. The molecule has 0 saturated heterocycles. The third-order valence-corrected chi connectivity index (χ3v) is 3.24. The monoisotopic (exact) mass is 273 g/mol. The molecule has 0 unspecified atom stereocenters. The Morgan fingerprint density at radius 1 is 0.842 bits per heavy atom. The summed E-state index contributed by atoms with van der Waals surface area (Å²) in [7, 11) is 0. The zero-order valence-electron chi connectivity index (χ0n) is 10.6. The lowest BCUT2D eigenvalue weighted by Gasteiger charge is -2.04. The fraction of sp³-hybridized carbons (Fsp3) is 0.188. The maximum Gasteiger partial charge on any atom is 0.149 e. The van der Waals surface area contributed by atoms with E-state index >= 15 is 0 Å². The largest absolute Gasteiger partial charge is 0.410 e. The Kier molecular flexibility index (Phi) is 4.99. The van der Waals surface area contributed by atoms with Crippen LogP contribution < -0.4 is 0 Å². The topological polar surface area (TPSA) is 32.6 Å². The Bertz CT molecular complexity index is 534. The number of nitrogens with zero attached hydrogens (tertiary/aromatic N) is 1. The highest BCUT2D eigenvalue weighted by Gasteiger charge is 2.00. The van der Waals surface area contributed by atoms with Crippen molar-refractivity contribution in [2.24, 2.45) is 5.16 Å². The number of hydrogen-bond donors (Lipinski definition) is 1. The maximum atomic E-state index is 8.52. The molecule has 0 amide bonds. The van der Waals surface area contributed by atoms with Crippen molar-refractivity contribution in [1.29, 1.82) is 0 Å². The van der Waals surface area contributed by atoms with Crippen LogP contribution in [0.1, 0.15) is 16.7 Å². The van der Waals surface area contributed by atoms with Crippen LogP contribution >= 0.6 is 11.6 Å². The van der Waals surface area contributed by atoms with Crippen LogP contribution in [0.25, 0.3) is 0 Å². The summed E-state index contributed by atoms with van der Waals surface area (Å²) in [4.78, 5) is 0. The van der Waals surface area contributed by atoms with Gasteiger partial charge in [-0.05, 0) is 29.5 Å². The minimum Gasteiger partial charge on any atom is -0.410 e. The third-order valence-electron chi connectivity index (χ3n) is 3.03. The molecule has 2 rings (SSSR count). The average molecular weight is 274 g/mol. The highest BCUT2D eigenvalue weighted by Crippen LogP contribution is 2.10. The van der Waals surface area contributed by atoms with Gasteiger partial charge in [-0.15, -0.1) is 0 Å². The molecule has 2 aromatic carbocycles. The van der Waals surface area contributed by atoms with Crippen LogP contribution in [0.15, 0.2) is 59.8 Å². The summed E-state index contributed by atoms with van der Waals surface area (Å²) in [6, 6.07) is 18.7. The van der Waals surface area contributed by atoms with E-state index in [1.807, 2.05) is 18.2 Å². The van der Waals surface area contributed by atoms with Crippen molar-refractivity contribution >= 4 is 16.8 Å². The van der Waals surface area contributed by atoms with Crippen LogP contribution in [0.5, 0.6) is 0 Å². The van der Waals surface area contributed by atoms with Crippen molar-refractivity contribution in [3.8, 4) is 0 Å². The van der Waals surface area contributed by atoms with Gasteiger partial charge in [0.15, 0.2) is 0 Å². The second-order valence-corrected chi connectivity index (χ2v) is 4.89. The summed E-state index contributed by atoms with van der Waals surface area (Å²) >= 11 is 5.68. The van der Waals surface area contributed by atoms with E-state index in [9.17, 15) is 0 Å². The SMILES string of the molecule is O/N=C(\Cl)Cc1ccc(CCc2ccccc2)cc1. The van der Waals surface area contributed by atoms with E-state index in [4.69, 9.17) is 16.8 Å². The molecule has 0 fully saturated rings. The Labute approximate surface area is 118 Å². The molecule has 0 aliphatic rings. The third kappa shape index (κ3) is 4.42. The van der Waals surface area contributed by atoms with Crippen LogP contribution in [0.2, 0.25) is 0 Å². The summed E-state index contributed by atoms with van der Waals surface area (Å²) in [5.41, 5.74) is 3.69. The minimum absolute atomic E-state index is 0.206. The second kappa shape index (κ2) is 6.95. The molecule has 98 valence electrons. The van der Waals surface area contributed by atoms with E-state index in [0.717, 1.165) is 18.4 Å².